The first-order valence-electron chi connectivity index (χ1n) is 7.12. The van der Waals surface area contributed by atoms with Gasteiger partial charge in [0.1, 0.15) is 0 Å². The van der Waals surface area contributed by atoms with Crippen LogP contribution < -0.4 is 0 Å². The Labute approximate surface area is 129 Å². The average molecular weight is 289 g/mol. The molecule has 1 unspecified atom stereocenters. The van der Waals surface area contributed by atoms with E-state index in [0.717, 1.165) is 11.1 Å². The first-order chi connectivity index (χ1) is 10.7. The highest BCUT2D eigenvalue weighted by Gasteiger charge is 2.20. The standard InChI is InChI=1S/C19H15NO2/c1-13-12-15(17-8-5-11-20-19(17)22)9-10-16(13)18(21)14-6-3-2-4-7-14/h2-12,17H,1H3. The summed E-state index contributed by atoms with van der Waals surface area (Å²) in [6, 6.07) is 14.7. The largest absolute Gasteiger partial charge is 0.289 e. The van der Waals surface area contributed by atoms with Crippen LogP contribution in [0.3, 0.4) is 0 Å². The summed E-state index contributed by atoms with van der Waals surface area (Å²) in [5, 5.41) is 0. The second-order valence-corrected chi connectivity index (χ2v) is 5.25. The minimum Gasteiger partial charge on any atom is -0.289 e. The highest BCUT2D eigenvalue weighted by Crippen LogP contribution is 2.24. The second kappa shape index (κ2) is 5.90. The molecule has 1 aliphatic rings. The minimum atomic E-state index is -0.357. The lowest BCUT2D eigenvalue weighted by Gasteiger charge is -2.14. The highest BCUT2D eigenvalue weighted by atomic mass is 16.1. The molecule has 1 heterocycles. The maximum absolute atomic E-state index is 12.5. The number of dihydropyridines is 1. The van der Waals surface area contributed by atoms with Crippen molar-refractivity contribution in [1.29, 1.82) is 0 Å². The van der Waals surface area contributed by atoms with Crippen LogP contribution >= 0.6 is 0 Å². The normalized spacial score (nSPS) is 16.8. The molecule has 3 heteroatoms. The lowest BCUT2D eigenvalue weighted by atomic mass is 9.91. The zero-order chi connectivity index (χ0) is 15.5. The second-order valence-electron chi connectivity index (χ2n) is 5.25. The zero-order valence-corrected chi connectivity index (χ0v) is 12.2. The van der Waals surface area contributed by atoms with Crippen molar-refractivity contribution in [2.75, 3.05) is 0 Å². The van der Waals surface area contributed by atoms with Crippen LogP contribution in [0.15, 0.2) is 65.7 Å². The van der Waals surface area contributed by atoms with Crippen LogP contribution in [0.4, 0.5) is 0 Å². The number of nitrogens with zero attached hydrogens (tertiary/aromatic N) is 1. The van der Waals surface area contributed by atoms with Gasteiger partial charge in [-0.2, -0.15) is 0 Å². The lowest BCUT2D eigenvalue weighted by Crippen LogP contribution is -2.12. The molecule has 0 radical (unpaired) electrons. The summed E-state index contributed by atoms with van der Waals surface area (Å²) in [7, 11) is 0. The zero-order valence-electron chi connectivity index (χ0n) is 12.2. The molecule has 0 saturated carbocycles. The van der Waals surface area contributed by atoms with Crippen LogP contribution in [0.25, 0.3) is 0 Å². The van der Waals surface area contributed by atoms with Gasteiger partial charge in [0.25, 0.3) is 5.91 Å². The van der Waals surface area contributed by atoms with Crippen molar-refractivity contribution < 1.29 is 9.59 Å². The van der Waals surface area contributed by atoms with E-state index < -0.39 is 0 Å². The van der Waals surface area contributed by atoms with Crippen LogP contribution in [-0.2, 0) is 4.79 Å². The Morgan fingerprint density at radius 3 is 2.55 bits per heavy atom. The van der Waals surface area contributed by atoms with Crippen LogP contribution in [0.5, 0.6) is 0 Å². The molecule has 0 aromatic heterocycles. The molecule has 0 spiro atoms. The quantitative estimate of drug-likeness (QED) is 0.812. The number of carbonyl (C=O) groups is 2. The van der Waals surface area contributed by atoms with Gasteiger partial charge in [0, 0.05) is 17.3 Å². The fraction of sp³-hybridized carbons (Fsp3) is 0.105. The van der Waals surface area contributed by atoms with E-state index in [0.29, 0.717) is 11.1 Å². The Balaban J connectivity index is 1.93. The van der Waals surface area contributed by atoms with Crippen LogP contribution in [0.1, 0.15) is 33.0 Å². The molecule has 2 aromatic rings. The first kappa shape index (κ1) is 14.1. The van der Waals surface area contributed by atoms with E-state index in [2.05, 4.69) is 4.99 Å². The molecule has 0 saturated heterocycles. The van der Waals surface area contributed by atoms with E-state index in [1.54, 1.807) is 24.3 Å². The van der Waals surface area contributed by atoms with Gasteiger partial charge in [-0.3, -0.25) is 9.59 Å². The van der Waals surface area contributed by atoms with Crippen molar-refractivity contribution in [2.24, 2.45) is 4.99 Å². The number of benzene rings is 2. The Morgan fingerprint density at radius 2 is 1.86 bits per heavy atom. The number of hydrogen-bond donors (Lipinski definition) is 0. The smallest absolute Gasteiger partial charge is 0.257 e. The topological polar surface area (TPSA) is 46.5 Å². The summed E-state index contributed by atoms with van der Waals surface area (Å²) in [4.78, 5) is 28.1. The van der Waals surface area contributed by atoms with Gasteiger partial charge in [-0.05, 0) is 24.1 Å². The summed E-state index contributed by atoms with van der Waals surface area (Å²) >= 11 is 0. The molecule has 3 nitrogen and oxygen atoms in total. The molecule has 1 aliphatic heterocycles. The van der Waals surface area contributed by atoms with Gasteiger partial charge in [-0.25, -0.2) is 4.99 Å². The first-order valence-corrected chi connectivity index (χ1v) is 7.12. The number of amides is 1. The molecule has 0 aliphatic carbocycles. The van der Waals surface area contributed by atoms with Crippen molar-refractivity contribution in [2.45, 2.75) is 12.8 Å². The Kier molecular flexibility index (Phi) is 3.79. The predicted molar refractivity (Wildman–Crippen MR) is 86.4 cm³/mol. The molecule has 3 rings (SSSR count). The number of aliphatic imine (C=N–C) groups is 1. The lowest BCUT2D eigenvalue weighted by molar-refractivity contribution is -0.118. The highest BCUT2D eigenvalue weighted by molar-refractivity contribution is 6.10. The minimum absolute atomic E-state index is 0.00631. The van der Waals surface area contributed by atoms with E-state index in [9.17, 15) is 9.59 Å². The van der Waals surface area contributed by atoms with E-state index in [-0.39, 0.29) is 17.6 Å². The molecule has 2 aromatic carbocycles. The van der Waals surface area contributed by atoms with Crippen LogP contribution in [0, 0.1) is 6.92 Å². The molecule has 22 heavy (non-hydrogen) atoms. The maximum atomic E-state index is 12.5. The third kappa shape index (κ3) is 2.66. The Hall–Kier alpha value is -2.81. The van der Waals surface area contributed by atoms with Gasteiger partial charge in [-0.15, -0.1) is 0 Å². The number of allylic oxidation sites excluding steroid dienone is 1. The third-order valence-electron chi connectivity index (χ3n) is 3.75. The van der Waals surface area contributed by atoms with Gasteiger partial charge < -0.3 is 0 Å². The molecule has 1 amide bonds. The van der Waals surface area contributed by atoms with Gasteiger partial charge in [0.2, 0.25) is 0 Å². The SMILES string of the molecule is Cc1cc(C2C=CC=NC2=O)ccc1C(=O)c1ccccc1. The molecule has 0 bridgehead atoms. The molecule has 0 fully saturated rings. The van der Waals surface area contributed by atoms with Crippen LogP contribution in [-0.4, -0.2) is 17.9 Å². The van der Waals surface area contributed by atoms with Crippen molar-refractivity contribution in [3.8, 4) is 0 Å². The van der Waals surface area contributed by atoms with Gasteiger partial charge in [0.05, 0.1) is 5.92 Å². The monoisotopic (exact) mass is 289 g/mol. The number of aryl methyl sites for hydroxylation is 1. The number of rotatable bonds is 3. The fourth-order valence-electron chi connectivity index (χ4n) is 2.57. The van der Waals surface area contributed by atoms with Gasteiger partial charge >= 0.3 is 0 Å². The van der Waals surface area contributed by atoms with Gasteiger partial charge in [-0.1, -0.05) is 54.6 Å². The Bertz CT molecular complexity index is 788. The fourth-order valence-corrected chi connectivity index (χ4v) is 2.57. The van der Waals surface area contributed by atoms with Gasteiger partial charge in [0.15, 0.2) is 5.78 Å². The maximum Gasteiger partial charge on any atom is 0.257 e. The average Bonchev–Trinajstić information content (AvgIpc) is 2.55. The van der Waals surface area contributed by atoms with Crippen molar-refractivity contribution in [3.63, 3.8) is 0 Å². The summed E-state index contributed by atoms with van der Waals surface area (Å²) in [6.07, 6.45) is 5.09. The van der Waals surface area contributed by atoms with Crippen molar-refractivity contribution in [1.82, 2.24) is 0 Å². The molecule has 0 N–H and O–H groups in total. The van der Waals surface area contributed by atoms with Crippen molar-refractivity contribution >= 4 is 17.9 Å². The molecule has 108 valence electrons. The molecular formula is C19H15NO2. The summed E-state index contributed by atoms with van der Waals surface area (Å²) in [5.74, 6) is -0.540. The molecular weight excluding hydrogens is 274 g/mol. The number of ketones is 1. The number of hydrogen-bond acceptors (Lipinski definition) is 2. The predicted octanol–water partition coefficient (Wildman–Crippen LogP) is 3.48. The van der Waals surface area contributed by atoms with E-state index in [1.165, 1.54) is 6.21 Å². The summed E-state index contributed by atoms with van der Waals surface area (Å²) in [6.45, 7) is 1.89. The van der Waals surface area contributed by atoms with E-state index in [1.807, 2.05) is 43.3 Å². The molecule has 1 atom stereocenters. The summed E-state index contributed by atoms with van der Waals surface area (Å²) < 4.78 is 0. The Morgan fingerprint density at radius 1 is 1.09 bits per heavy atom. The number of carbonyl (C=O) groups excluding carboxylic acids is 2. The summed E-state index contributed by atoms with van der Waals surface area (Å²) in [5.41, 5.74) is 3.05. The van der Waals surface area contributed by atoms with Crippen molar-refractivity contribution in [3.05, 3.63) is 82.9 Å². The van der Waals surface area contributed by atoms with E-state index in [4.69, 9.17) is 0 Å². The third-order valence-corrected chi connectivity index (χ3v) is 3.75. The van der Waals surface area contributed by atoms with Crippen LogP contribution in [0.2, 0.25) is 0 Å². The van der Waals surface area contributed by atoms with E-state index >= 15 is 0 Å².